The molecule has 1 fully saturated rings. The van der Waals surface area contributed by atoms with E-state index in [2.05, 4.69) is 40.8 Å². The van der Waals surface area contributed by atoms with Gasteiger partial charge >= 0.3 is 0 Å². The van der Waals surface area contributed by atoms with Crippen molar-refractivity contribution >= 4 is 0 Å². The number of hydrogen-bond acceptors (Lipinski definition) is 4. The molecule has 0 aromatic carbocycles. The topological polar surface area (TPSA) is 42.2 Å². The summed E-state index contributed by atoms with van der Waals surface area (Å²) in [6.07, 6.45) is 6.19. The quantitative estimate of drug-likeness (QED) is 0.856. The Morgan fingerprint density at radius 2 is 2.10 bits per heavy atom. The molecule has 0 radical (unpaired) electrons. The van der Waals surface area contributed by atoms with E-state index in [1.54, 1.807) is 0 Å². The number of nitrogens with zero attached hydrogens (tertiary/aromatic N) is 3. The highest BCUT2D eigenvalue weighted by molar-refractivity contribution is 5.17. The molecule has 0 bridgehead atoms. The Hall–Kier alpha value is -1.68. The lowest BCUT2D eigenvalue weighted by atomic mass is 10.1. The first kappa shape index (κ1) is 14.3. The van der Waals surface area contributed by atoms with Crippen molar-refractivity contribution in [3.05, 3.63) is 47.4 Å². The fourth-order valence-corrected chi connectivity index (χ4v) is 3.01. The molecule has 21 heavy (non-hydrogen) atoms. The van der Waals surface area contributed by atoms with Gasteiger partial charge in [0.2, 0.25) is 0 Å². The van der Waals surface area contributed by atoms with Gasteiger partial charge in [-0.15, -0.1) is 0 Å². The van der Waals surface area contributed by atoms with Crippen molar-refractivity contribution in [3.8, 4) is 0 Å². The lowest BCUT2D eigenvalue weighted by Crippen LogP contribution is -2.22. The molecule has 1 aliphatic heterocycles. The summed E-state index contributed by atoms with van der Waals surface area (Å²) in [7, 11) is 0. The summed E-state index contributed by atoms with van der Waals surface area (Å²) in [4.78, 5) is 11.2. The summed E-state index contributed by atoms with van der Waals surface area (Å²) in [5.41, 5.74) is 2.38. The van der Waals surface area contributed by atoms with Gasteiger partial charge in [-0.25, -0.2) is 4.98 Å². The third-order valence-electron chi connectivity index (χ3n) is 4.20. The van der Waals surface area contributed by atoms with Gasteiger partial charge in [-0.3, -0.25) is 9.88 Å². The molecule has 2 aromatic heterocycles. The van der Waals surface area contributed by atoms with Crippen LogP contribution in [0.2, 0.25) is 0 Å². The van der Waals surface area contributed by atoms with E-state index in [4.69, 9.17) is 4.42 Å². The molecule has 2 aromatic rings. The highest BCUT2D eigenvalue weighted by Gasteiger charge is 2.27. The van der Waals surface area contributed by atoms with Gasteiger partial charge in [0.15, 0.2) is 5.89 Å². The van der Waals surface area contributed by atoms with Gasteiger partial charge < -0.3 is 4.42 Å². The van der Waals surface area contributed by atoms with Crippen molar-refractivity contribution in [2.24, 2.45) is 0 Å². The first-order valence-corrected chi connectivity index (χ1v) is 7.75. The van der Waals surface area contributed by atoms with E-state index in [9.17, 15) is 0 Å². The van der Waals surface area contributed by atoms with Crippen LogP contribution >= 0.6 is 0 Å². The molecule has 1 aliphatic rings. The fraction of sp³-hybridized carbons (Fsp3) is 0.529. The number of pyridine rings is 1. The summed E-state index contributed by atoms with van der Waals surface area (Å²) in [6.45, 7) is 8.24. The van der Waals surface area contributed by atoms with Gasteiger partial charge in [0.05, 0.1) is 12.2 Å². The van der Waals surface area contributed by atoms with Crippen LogP contribution < -0.4 is 0 Å². The number of aryl methyl sites for hydroxylation is 1. The molecule has 0 N–H and O–H groups in total. The van der Waals surface area contributed by atoms with E-state index >= 15 is 0 Å². The zero-order valence-electron chi connectivity index (χ0n) is 13.0. The van der Waals surface area contributed by atoms with Crippen LogP contribution in [0.15, 0.2) is 28.9 Å². The molecular formula is C17H23N3O. The van der Waals surface area contributed by atoms with Crippen LogP contribution in [0.3, 0.4) is 0 Å². The van der Waals surface area contributed by atoms with Crippen molar-refractivity contribution in [1.29, 1.82) is 0 Å². The zero-order chi connectivity index (χ0) is 14.8. The maximum Gasteiger partial charge on any atom is 0.197 e. The van der Waals surface area contributed by atoms with Crippen LogP contribution in [-0.2, 0) is 6.54 Å². The van der Waals surface area contributed by atoms with Crippen molar-refractivity contribution in [1.82, 2.24) is 14.9 Å². The smallest absolute Gasteiger partial charge is 0.197 e. The third-order valence-corrected chi connectivity index (χ3v) is 4.20. The van der Waals surface area contributed by atoms with Gasteiger partial charge in [0.25, 0.3) is 0 Å². The van der Waals surface area contributed by atoms with Crippen molar-refractivity contribution in [2.45, 2.75) is 52.1 Å². The van der Waals surface area contributed by atoms with E-state index < -0.39 is 0 Å². The van der Waals surface area contributed by atoms with Crippen molar-refractivity contribution < 1.29 is 4.42 Å². The number of oxazole rings is 1. The number of rotatable bonds is 4. The van der Waals surface area contributed by atoms with E-state index in [0.717, 1.165) is 30.4 Å². The molecule has 0 spiro atoms. The molecule has 3 heterocycles. The summed E-state index contributed by atoms with van der Waals surface area (Å²) in [5.74, 6) is 2.20. The molecule has 4 heteroatoms. The van der Waals surface area contributed by atoms with Crippen LogP contribution in [0.1, 0.15) is 61.6 Å². The van der Waals surface area contributed by atoms with Crippen molar-refractivity contribution in [3.63, 3.8) is 0 Å². The summed E-state index contributed by atoms with van der Waals surface area (Å²) in [6, 6.07) is 4.71. The predicted molar refractivity (Wildman–Crippen MR) is 82.0 cm³/mol. The summed E-state index contributed by atoms with van der Waals surface area (Å²) >= 11 is 0. The highest BCUT2D eigenvalue weighted by atomic mass is 16.4. The molecule has 1 saturated heterocycles. The highest BCUT2D eigenvalue weighted by Crippen LogP contribution is 2.33. The fourth-order valence-electron chi connectivity index (χ4n) is 3.01. The molecule has 0 saturated carbocycles. The molecule has 112 valence electrons. The minimum Gasteiger partial charge on any atom is -0.444 e. The van der Waals surface area contributed by atoms with Gasteiger partial charge in [0.1, 0.15) is 5.76 Å². The zero-order valence-corrected chi connectivity index (χ0v) is 13.0. The standard InChI is InChI=1S/C17H23N3O/c1-12(2)17-19-13(3)16(21-17)11-20-10-4-5-15(20)14-6-8-18-9-7-14/h6-9,12,15H,4-5,10-11H2,1-3H3. The third kappa shape index (κ3) is 3.00. The Labute approximate surface area is 126 Å². The van der Waals surface area contributed by atoms with Crippen LogP contribution in [0, 0.1) is 6.92 Å². The molecule has 0 amide bonds. The van der Waals surface area contributed by atoms with Gasteiger partial charge in [-0.2, -0.15) is 0 Å². The number of aromatic nitrogens is 2. The predicted octanol–water partition coefficient (Wildman–Crippen LogP) is 3.84. The van der Waals surface area contributed by atoms with Gasteiger partial charge in [-0.1, -0.05) is 13.8 Å². The van der Waals surface area contributed by atoms with Crippen LogP contribution in [0.25, 0.3) is 0 Å². The van der Waals surface area contributed by atoms with Gasteiger partial charge in [-0.05, 0) is 44.0 Å². The number of hydrogen-bond donors (Lipinski definition) is 0. The molecule has 1 unspecified atom stereocenters. The van der Waals surface area contributed by atoms with Crippen LogP contribution in [0.4, 0.5) is 0 Å². The Balaban J connectivity index is 1.78. The minimum atomic E-state index is 0.340. The molecule has 1 atom stereocenters. The molecule has 3 rings (SSSR count). The Morgan fingerprint density at radius 1 is 1.33 bits per heavy atom. The lowest BCUT2D eigenvalue weighted by Gasteiger charge is -2.23. The van der Waals surface area contributed by atoms with Crippen LogP contribution in [-0.4, -0.2) is 21.4 Å². The first-order chi connectivity index (χ1) is 10.1. The first-order valence-electron chi connectivity index (χ1n) is 7.75. The second-order valence-electron chi connectivity index (χ2n) is 6.12. The second-order valence-corrected chi connectivity index (χ2v) is 6.12. The number of likely N-dealkylation sites (tertiary alicyclic amines) is 1. The Morgan fingerprint density at radius 3 is 2.76 bits per heavy atom. The van der Waals surface area contributed by atoms with E-state index in [0.29, 0.717) is 12.0 Å². The lowest BCUT2D eigenvalue weighted by molar-refractivity contribution is 0.224. The second kappa shape index (κ2) is 5.98. The van der Waals surface area contributed by atoms with E-state index in [-0.39, 0.29) is 0 Å². The Kier molecular flexibility index (Phi) is 4.06. The van der Waals surface area contributed by atoms with Crippen LogP contribution in [0.5, 0.6) is 0 Å². The molecule has 4 nitrogen and oxygen atoms in total. The molecule has 0 aliphatic carbocycles. The average molecular weight is 285 g/mol. The van der Waals surface area contributed by atoms with Gasteiger partial charge in [0, 0.05) is 24.4 Å². The average Bonchev–Trinajstić information content (AvgIpc) is 3.08. The monoisotopic (exact) mass is 285 g/mol. The maximum atomic E-state index is 5.96. The maximum absolute atomic E-state index is 5.96. The van der Waals surface area contributed by atoms with E-state index in [1.807, 2.05) is 19.3 Å². The van der Waals surface area contributed by atoms with E-state index in [1.165, 1.54) is 18.4 Å². The molecular weight excluding hydrogens is 262 g/mol. The van der Waals surface area contributed by atoms with Crippen molar-refractivity contribution in [2.75, 3.05) is 6.54 Å². The normalized spacial score (nSPS) is 19.5. The Bertz CT molecular complexity index is 591. The summed E-state index contributed by atoms with van der Waals surface area (Å²) < 4.78 is 5.96. The largest absolute Gasteiger partial charge is 0.444 e. The SMILES string of the molecule is Cc1nc(C(C)C)oc1CN1CCCC1c1ccncc1. The minimum absolute atomic E-state index is 0.340. The summed E-state index contributed by atoms with van der Waals surface area (Å²) in [5, 5.41) is 0.